The van der Waals surface area contributed by atoms with Crippen molar-refractivity contribution in [3.05, 3.63) is 28.2 Å². The molecule has 0 spiro atoms. The van der Waals surface area contributed by atoms with Crippen LogP contribution in [0.15, 0.2) is 22.7 Å². The molecule has 3 N–H and O–H groups in total. The Bertz CT molecular complexity index is 525. The van der Waals surface area contributed by atoms with Crippen LogP contribution in [0.4, 0.5) is 0 Å². The van der Waals surface area contributed by atoms with E-state index in [1.54, 1.807) is 0 Å². The number of hydrogen-bond donors (Lipinski definition) is 3. The maximum absolute atomic E-state index is 12.0. The lowest BCUT2D eigenvalue weighted by Crippen LogP contribution is -2.55. The van der Waals surface area contributed by atoms with Crippen molar-refractivity contribution in [2.24, 2.45) is 0 Å². The molecule has 102 valence electrons. The second-order valence-corrected chi connectivity index (χ2v) is 5.16. The quantitative estimate of drug-likeness (QED) is 0.772. The third kappa shape index (κ3) is 2.71. The average Bonchev–Trinajstić information content (AvgIpc) is 2.82. The number of nitrogens with one attached hydrogen (secondary N) is 1. The van der Waals surface area contributed by atoms with E-state index < -0.39 is 17.4 Å². The first-order chi connectivity index (χ1) is 8.94. The normalized spacial score (nSPS) is 22.2. The molecule has 1 aliphatic heterocycles. The molecule has 1 aliphatic rings. The van der Waals surface area contributed by atoms with Gasteiger partial charge in [-0.15, -0.1) is 0 Å². The minimum Gasteiger partial charge on any atom is -0.507 e. The minimum absolute atomic E-state index is 0.0589. The van der Waals surface area contributed by atoms with Crippen molar-refractivity contribution in [3.8, 4) is 5.75 Å². The fourth-order valence-electron chi connectivity index (χ4n) is 1.83. The summed E-state index contributed by atoms with van der Waals surface area (Å²) < 4.78 is 5.51. The molecule has 0 saturated carbocycles. The maximum atomic E-state index is 12.0. The number of rotatable bonds is 3. The summed E-state index contributed by atoms with van der Waals surface area (Å²) in [6.07, 6.45) is 0.219. The van der Waals surface area contributed by atoms with E-state index in [-0.39, 0.29) is 30.9 Å². The molecule has 0 aromatic heterocycles. The highest BCUT2D eigenvalue weighted by Gasteiger charge is 2.44. The lowest BCUT2D eigenvalue weighted by molar-refractivity contribution is -0.144. The minimum atomic E-state index is -1.39. The zero-order valence-electron chi connectivity index (χ0n) is 9.85. The Morgan fingerprint density at radius 1 is 1.42 bits per heavy atom. The van der Waals surface area contributed by atoms with Crippen LogP contribution in [0, 0.1) is 0 Å². The maximum Gasteiger partial charge on any atom is 0.331 e. The van der Waals surface area contributed by atoms with Crippen LogP contribution in [0.5, 0.6) is 5.75 Å². The number of amides is 1. The number of phenols is 1. The lowest BCUT2D eigenvalue weighted by Gasteiger charge is -2.23. The van der Waals surface area contributed by atoms with Crippen LogP contribution in [0.25, 0.3) is 0 Å². The van der Waals surface area contributed by atoms with E-state index in [9.17, 15) is 19.8 Å². The van der Waals surface area contributed by atoms with Crippen LogP contribution >= 0.6 is 15.9 Å². The zero-order valence-corrected chi connectivity index (χ0v) is 11.4. The number of carboxylic acid groups (broad SMARTS) is 1. The summed E-state index contributed by atoms with van der Waals surface area (Å²) in [6, 6.07) is 4.28. The second-order valence-electron chi connectivity index (χ2n) is 4.31. The van der Waals surface area contributed by atoms with E-state index in [0.717, 1.165) is 0 Å². The zero-order chi connectivity index (χ0) is 14.0. The van der Waals surface area contributed by atoms with Gasteiger partial charge < -0.3 is 20.3 Å². The van der Waals surface area contributed by atoms with Gasteiger partial charge in [0.2, 0.25) is 0 Å². The van der Waals surface area contributed by atoms with Crippen molar-refractivity contribution >= 4 is 27.8 Å². The van der Waals surface area contributed by atoms with E-state index in [2.05, 4.69) is 21.2 Å². The van der Waals surface area contributed by atoms with Crippen LogP contribution in [0.3, 0.4) is 0 Å². The van der Waals surface area contributed by atoms with E-state index in [1.807, 2.05) is 0 Å². The smallest absolute Gasteiger partial charge is 0.331 e. The predicted molar refractivity (Wildman–Crippen MR) is 69.1 cm³/mol. The molecule has 1 aromatic carbocycles. The van der Waals surface area contributed by atoms with Crippen molar-refractivity contribution in [1.82, 2.24) is 5.32 Å². The standard InChI is InChI=1S/C12H12BrNO5/c13-8-2-1-7(5-9(8)15)10(16)14-12(11(17)18)3-4-19-6-12/h1-2,5,15H,3-4,6H2,(H,14,16)(H,17,18). The number of aromatic hydroxyl groups is 1. The summed E-state index contributed by atoms with van der Waals surface area (Å²) in [7, 11) is 0. The summed E-state index contributed by atoms with van der Waals surface area (Å²) in [5.74, 6) is -1.77. The third-order valence-corrected chi connectivity index (χ3v) is 3.66. The topological polar surface area (TPSA) is 95.9 Å². The number of benzene rings is 1. The number of carboxylic acids is 1. The van der Waals surface area contributed by atoms with Gasteiger partial charge in [0.15, 0.2) is 5.54 Å². The monoisotopic (exact) mass is 329 g/mol. The Morgan fingerprint density at radius 2 is 2.16 bits per heavy atom. The Balaban J connectivity index is 2.20. The summed E-state index contributed by atoms with van der Waals surface area (Å²) in [6.45, 7) is 0.231. The van der Waals surface area contributed by atoms with Gasteiger partial charge in [0.05, 0.1) is 11.1 Å². The Hall–Kier alpha value is -1.60. The Labute approximate surface area is 117 Å². The van der Waals surface area contributed by atoms with Crippen LogP contribution in [-0.2, 0) is 9.53 Å². The molecule has 1 fully saturated rings. The molecule has 0 aliphatic carbocycles. The first-order valence-corrected chi connectivity index (χ1v) is 6.36. The van der Waals surface area contributed by atoms with Gasteiger partial charge >= 0.3 is 5.97 Å². The van der Waals surface area contributed by atoms with Gasteiger partial charge in [0.1, 0.15) is 5.75 Å². The predicted octanol–water partition coefficient (Wildman–Crippen LogP) is 1.13. The molecule has 1 saturated heterocycles. The number of phenolic OH excluding ortho intramolecular Hbond substituents is 1. The average molecular weight is 330 g/mol. The van der Waals surface area contributed by atoms with Crippen molar-refractivity contribution in [2.45, 2.75) is 12.0 Å². The van der Waals surface area contributed by atoms with Crippen molar-refractivity contribution in [3.63, 3.8) is 0 Å². The lowest BCUT2D eigenvalue weighted by atomic mass is 9.98. The van der Waals surface area contributed by atoms with E-state index in [1.165, 1.54) is 18.2 Å². The molecule has 0 radical (unpaired) electrons. The third-order valence-electron chi connectivity index (χ3n) is 2.99. The number of aliphatic carboxylic acids is 1. The number of ether oxygens (including phenoxy) is 1. The molecule has 1 aromatic rings. The number of carbonyl (C=O) groups is 2. The van der Waals surface area contributed by atoms with Crippen molar-refractivity contribution in [2.75, 3.05) is 13.2 Å². The number of halogens is 1. The van der Waals surface area contributed by atoms with Gasteiger partial charge in [0, 0.05) is 18.6 Å². The van der Waals surface area contributed by atoms with Crippen molar-refractivity contribution < 1.29 is 24.5 Å². The Morgan fingerprint density at radius 3 is 2.68 bits per heavy atom. The summed E-state index contributed by atoms with van der Waals surface area (Å²) in [4.78, 5) is 23.3. The summed E-state index contributed by atoms with van der Waals surface area (Å²) >= 11 is 3.10. The molecular formula is C12H12BrNO5. The molecule has 7 heteroatoms. The number of carbonyl (C=O) groups excluding carboxylic acids is 1. The van der Waals surface area contributed by atoms with E-state index in [4.69, 9.17) is 4.74 Å². The molecule has 1 heterocycles. The van der Waals surface area contributed by atoms with Gasteiger partial charge in [0.25, 0.3) is 5.91 Å². The molecule has 6 nitrogen and oxygen atoms in total. The number of hydrogen-bond acceptors (Lipinski definition) is 4. The second kappa shape index (κ2) is 5.18. The van der Waals surface area contributed by atoms with Gasteiger partial charge in [-0.05, 0) is 34.1 Å². The van der Waals surface area contributed by atoms with Crippen molar-refractivity contribution in [1.29, 1.82) is 0 Å². The highest BCUT2D eigenvalue weighted by Crippen LogP contribution is 2.25. The van der Waals surface area contributed by atoms with Crippen LogP contribution in [0.1, 0.15) is 16.8 Å². The van der Waals surface area contributed by atoms with E-state index in [0.29, 0.717) is 4.47 Å². The van der Waals surface area contributed by atoms with Crippen LogP contribution < -0.4 is 5.32 Å². The highest BCUT2D eigenvalue weighted by molar-refractivity contribution is 9.10. The molecule has 2 rings (SSSR count). The van der Waals surface area contributed by atoms with Gasteiger partial charge in [-0.2, -0.15) is 0 Å². The SMILES string of the molecule is O=C(NC1(C(=O)O)CCOC1)c1ccc(Br)c(O)c1. The molecular weight excluding hydrogens is 318 g/mol. The van der Waals surface area contributed by atoms with E-state index >= 15 is 0 Å². The van der Waals surface area contributed by atoms with Crippen LogP contribution in [0.2, 0.25) is 0 Å². The van der Waals surface area contributed by atoms with Crippen LogP contribution in [-0.4, -0.2) is 40.8 Å². The molecule has 0 bridgehead atoms. The molecule has 1 amide bonds. The molecule has 1 atom stereocenters. The first-order valence-electron chi connectivity index (χ1n) is 5.57. The summed E-state index contributed by atoms with van der Waals surface area (Å²) in [5.41, 5.74) is -1.20. The molecule has 1 unspecified atom stereocenters. The summed E-state index contributed by atoms with van der Waals surface area (Å²) in [5, 5.41) is 21.2. The highest BCUT2D eigenvalue weighted by atomic mass is 79.9. The fraction of sp³-hybridized carbons (Fsp3) is 0.333. The van der Waals surface area contributed by atoms with Gasteiger partial charge in [-0.3, -0.25) is 4.79 Å². The van der Waals surface area contributed by atoms with Gasteiger partial charge in [-0.25, -0.2) is 4.79 Å². The Kier molecular flexibility index (Phi) is 3.77. The molecule has 19 heavy (non-hydrogen) atoms. The van der Waals surface area contributed by atoms with Gasteiger partial charge in [-0.1, -0.05) is 0 Å². The largest absolute Gasteiger partial charge is 0.507 e. The fourth-order valence-corrected chi connectivity index (χ4v) is 2.08. The first kappa shape index (κ1) is 13.8.